The number of hydrogen-bond donors (Lipinski definition) is 0. The SMILES string of the molecule is CCC(=O)c1ccc(Oc2ccccc2C(C)(C)C)cc1. The second-order valence-corrected chi connectivity index (χ2v) is 6.15. The van der Waals surface area contributed by atoms with E-state index < -0.39 is 0 Å². The quantitative estimate of drug-likeness (QED) is 0.705. The Morgan fingerprint density at radius 3 is 2.19 bits per heavy atom. The molecular weight excluding hydrogens is 260 g/mol. The maximum atomic E-state index is 11.6. The zero-order valence-corrected chi connectivity index (χ0v) is 13.1. The van der Waals surface area contributed by atoms with Crippen molar-refractivity contribution in [1.29, 1.82) is 0 Å². The van der Waals surface area contributed by atoms with Crippen molar-refractivity contribution >= 4 is 5.78 Å². The standard InChI is InChI=1S/C19H22O2/c1-5-17(20)14-10-12-15(13-11-14)21-18-9-7-6-8-16(18)19(2,3)4/h6-13H,5H2,1-4H3. The molecule has 0 aromatic heterocycles. The Hall–Kier alpha value is -2.09. The zero-order valence-electron chi connectivity index (χ0n) is 13.1. The van der Waals surface area contributed by atoms with Crippen molar-refractivity contribution in [3.63, 3.8) is 0 Å². The first-order valence-corrected chi connectivity index (χ1v) is 7.32. The molecule has 2 rings (SSSR count). The molecule has 2 aromatic carbocycles. The Morgan fingerprint density at radius 2 is 1.62 bits per heavy atom. The number of carbonyl (C=O) groups is 1. The van der Waals surface area contributed by atoms with Crippen LogP contribution in [-0.4, -0.2) is 5.78 Å². The van der Waals surface area contributed by atoms with E-state index in [2.05, 4.69) is 26.8 Å². The van der Waals surface area contributed by atoms with Crippen LogP contribution in [0.5, 0.6) is 11.5 Å². The first kappa shape index (κ1) is 15.3. The van der Waals surface area contributed by atoms with Crippen LogP contribution in [0, 0.1) is 0 Å². The lowest BCUT2D eigenvalue weighted by molar-refractivity contribution is 0.0988. The van der Waals surface area contributed by atoms with Crippen LogP contribution in [0.15, 0.2) is 48.5 Å². The van der Waals surface area contributed by atoms with Crippen LogP contribution >= 0.6 is 0 Å². The topological polar surface area (TPSA) is 26.3 Å². The molecule has 0 radical (unpaired) electrons. The number of Topliss-reactive ketones (excluding diaryl/α,β-unsaturated/α-hetero) is 1. The third-order valence-electron chi connectivity index (χ3n) is 3.42. The van der Waals surface area contributed by atoms with E-state index in [4.69, 9.17) is 4.74 Å². The second kappa shape index (κ2) is 6.13. The Kier molecular flexibility index (Phi) is 4.46. The number of hydrogen-bond acceptors (Lipinski definition) is 2. The van der Waals surface area contributed by atoms with Gasteiger partial charge in [-0.1, -0.05) is 45.9 Å². The van der Waals surface area contributed by atoms with E-state index in [1.807, 2.05) is 49.4 Å². The average Bonchev–Trinajstić information content (AvgIpc) is 2.47. The molecule has 0 N–H and O–H groups in total. The third kappa shape index (κ3) is 3.72. The summed E-state index contributed by atoms with van der Waals surface area (Å²) < 4.78 is 5.99. The largest absolute Gasteiger partial charge is 0.457 e. The molecule has 21 heavy (non-hydrogen) atoms. The predicted molar refractivity (Wildman–Crippen MR) is 86.3 cm³/mol. The van der Waals surface area contributed by atoms with E-state index in [1.165, 1.54) is 5.56 Å². The highest BCUT2D eigenvalue weighted by Gasteiger charge is 2.18. The summed E-state index contributed by atoms with van der Waals surface area (Å²) in [4.78, 5) is 11.6. The van der Waals surface area contributed by atoms with Crippen molar-refractivity contribution in [2.24, 2.45) is 0 Å². The van der Waals surface area contributed by atoms with E-state index in [-0.39, 0.29) is 11.2 Å². The van der Waals surface area contributed by atoms with Gasteiger partial charge in [-0.2, -0.15) is 0 Å². The van der Waals surface area contributed by atoms with Gasteiger partial charge in [0, 0.05) is 17.5 Å². The number of para-hydroxylation sites is 1. The molecule has 0 unspecified atom stereocenters. The van der Waals surface area contributed by atoms with Gasteiger partial charge < -0.3 is 4.74 Å². The Morgan fingerprint density at radius 1 is 1.00 bits per heavy atom. The first-order valence-electron chi connectivity index (χ1n) is 7.32. The van der Waals surface area contributed by atoms with Crippen molar-refractivity contribution in [3.8, 4) is 11.5 Å². The fourth-order valence-corrected chi connectivity index (χ4v) is 2.22. The molecule has 0 amide bonds. The summed E-state index contributed by atoms with van der Waals surface area (Å²) in [7, 11) is 0. The Labute approximate surface area is 126 Å². The lowest BCUT2D eigenvalue weighted by atomic mass is 9.86. The molecule has 0 aliphatic carbocycles. The van der Waals surface area contributed by atoms with Crippen molar-refractivity contribution in [2.45, 2.75) is 39.5 Å². The molecule has 110 valence electrons. The fraction of sp³-hybridized carbons (Fsp3) is 0.316. The van der Waals surface area contributed by atoms with Crippen molar-refractivity contribution < 1.29 is 9.53 Å². The van der Waals surface area contributed by atoms with Crippen LogP contribution in [0.2, 0.25) is 0 Å². The lowest BCUT2D eigenvalue weighted by Gasteiger charge is -2.22. The molecule has 0 spiro atoms. The highest BCUT2D eigenvalue weighted by Crippen LogP contribution is 2.33. The molecule has 2 aromatic rings. The smallest absolute Gasteiger partial charge is 0.162 e. The molecule has 0 fully saturated rings. The van der Waals surface area contributed by atoms with Crippen LogP contribution in [0.3, 0.4) is 0 Å². The molecule has 0 saturated carbocycles. The van der Waals surface area contributed by atoms with Gasteiger partial charge >= 0.3 is 0 Å². The Balaban J connectivity index is 2.25. The van der Waals surface area contributed by atoms with Gasteiger partial charge in [-0.3, -0.25) is 4.79 Å². The lowest BCUT2D eigenvalue weighted by Crippen LogP contribution is -2.12. The van der Waals surface area contributed by atoms with Gasteiger partial charge in [0.25, 0.3) is 0 Å². The molecule has 2 heteroatoms. The van der Waals surface area contributed by atoms with Crippen molar-refractivity contribution in [2.75, 3.05) is 0 Å². The van der Waals surface area contributed by atoms with Gasteiger partial charge in [-0.05, 0) is 35.7 Å². The molecule has 0 aliphatic heterocycles. The van der Waals surface area contributed by atoms with Gasteiger partial charge in [-0.25, -0.2) is 0 Å². The molecule has 0 saturated heterocycles. The molecule has 0 atom stereocenters. The van der Waals surface area contributed by atoms with Crippen LogP contribution < -0.4 is 4.74 Å². The fourth-order valence-electron chi connectivity index (χ4n) is 2.22. The number of benzene rings is 2. The minimum atomic E-state index is 0.0225. The minimum Gasteiger partial charge on any atom is -0.457 e. The molecular formula is C19H22O2. The molecule has 0 bridgehead atoms. The summed E-state index contributed by atoms with van der Waals surface area (Å²) in [5, 5.41) is 0. The zero-order chi connectivity index (χ0) is 15.5. The summed E-state index contributed by atoms with van der Waals surface area (Å²) in [6.07, 6.45) is 0.521. The van der Waals surface area contributed by atoms with Crippen molar-refractivity contribution in [3.05, 3.63) is 59.7 Å². The first-order chi connectivity index (χ1) is 9.91. The van der Waals surface area contributed by atoms with Gasteiger partial charge in [0.05, 0.1) is 0 Å². The van der Waals surface area contributed by atoms with Gasteiger partial charge in [0.2, 0.25) is 0 Å². The summed E-state index contributed by atoms with van der Waals surface area (Å²) in [5.41, 5.74) is 1.92. The summed E-state index contributed by atoms with van der Waals surface area (Å²) in [6.45, 7) is 8.36. The van der Waals surface area contributed by atoms with E-state index in [9.17, 15) is 4.79 Å². The minimum absolute atomic E-state index is 0.0225. The van der Waals surface area contributed by atoms with Crippen LogP contribution in [0.1, 0.15) is 50.0 Å². The summed E-state index contributed by atoms with van der Waals surface area (Å²) >= 11 is 0. The molecule has 0 aliphatic rings. The highest BCUT2D eigenvalue weighted by molar-refractivity contribution is 5.95. The van der Waals surface area contributed by atoms with Crippen LogP contribution in [0.25, 0.3) is 0 Å². The van der Waals surface area contributed by atoms with Gasteiger partial charge in [0.15, 0.2) is 5.78 Å². The second-order valence-electron chi connectivity index (χ2n) is 6.15. The van der Waals surface area contributed by atoms with Crippen molar-refractivity contribution in [1.82, 2.24) is 0 Å². The maximum Gasteiger partial charge on any atom is 0.162 e. The number of ether oxygens (including phenoxy) is 1. The molecule has 0 heterocycles. The number of ketones is 1. The van der Waals surface area contributed by atoms with Gasteiger partial charge in [0.1, 0.15) is 11.5 Å². The Bertz CT molecular complexity index is 619. The van der Waals surface area contributed by atoms with E-state index in [0.29, 0.717) is 6.42 Å². The monoisotopic (exact) mass is 282 g/mol. The highest BCUT2D eigenvalue weighted by atomic mass is 16.5. The summed E-state index contributed by atoms with van der Waals surface area (Å²) in [5.74, 6) is 1.76. The van der Waals surface area contributed by atoms with E-state index in [1.54, 1.807) is 0 Å². The maximum absolute atomic E-state index is 11.6. The summed E-state index contributed by atoms with van der Waals surface area (Å²) in [6, 6.07) is 15.4. The molecule has 2 nitrogen and oxygen atoms in total. The van der Waals surface area contributed by atoms with E-state index >= 15 is 0 Å². The average molecular weight is 282 g/mol. The predicted octanol–water partition coefficient (Wildman–Crippen LogP) is 5.37. The van der Waals surface area contributed by atoms with Crippen LogP contribution in [-0.2, 0) is 5.41 Å². The van der Waals surface area contributed by atoms with E-state index in [0.717, 1.165) is 17.1 Å². The van der Waals surface area contributed by atoms with Gasteiger partial charge in [-0.15, -0.1) is 0 Å². The third-order valence-corrected chi connectivity index (χ3v) is 3.42. The van der Waals surface area contributed by atoms with Crippen LogP contribution in [0.4, 0.5) is 0 Å². The number of carbonyl (C=O) groups excluding carboxylic acids is 1. The normalized spacial score (nSPS) is 11.2. The number of rotatable bonds is 4.